The topological polar surface area (TPSA) is 151 Å². The Hall–Kier alpha value is -5.18. The number of aryl methyl sites for hydroxylation is 1. The summed E-state index contributed by atoms with van der Waals surface area (Å²) >= 11 is 2.88. The van der Waals surface area contributed by atoms with E-state index in [9.17, 15) is 14.4 Å². The monoisotopic (exact) mass is 708 g/mol. The zero-order chi connectivity index (χ0) is 34.8. The third-order valence-corrected chi connectivity index (χ3v) is 10.7. The van der Waals surface area contributed by atoms with Gasteiger partial charge in [-0.2, -0.15) is 9.50 Å². The van der Waals surface area contributed by atoms with Crippen LogP contribution in [-0.2, 0) is 25.7 Å². The maximum absolute atomic E-state index is 13.5. The Morgan fingerprint density at radius 1 is 0.980 bits per heavy atom. The number of nitrogens with two attached hydrogens (primary N) is 1. The summed E-state index contributed by atoms with van der Waals surface area (Å²) in [5.41, 5.74) is 10.1. The molecule has 1 amide bonds. The third-order valence-electron chi connectivity index (χ3n) is 8.22. The molecule has 1 unspecified atom stereocenters. The van der Waals surface area contributed by atoms with Gasteiger partial charge in [-0.25, -0.2) is 14.6 Å². The van der Waals surface area contributed by atoms with Gasteiger partial charge in [0, 0.05) is 17.2 Å². The second kappa shape index (κ2) is 14.4. The number of nitrogens with zero attached hydrogens (tertiary/aromatic N) is 5. The average molecular weight is 709 g/mol. The Labute approximate surface area is 296 Å². The summed E-state index contributed by atoms with van der Waals surface area (Å²) in [6.45, 7) is 1.84. The van der Waals surface area contributed by atoms with Gasteiger partial charge in [0.2, 0.25) is 5.91 Å². The molecule has 1 fully saturated rings. The van der Waals surface area contributed by atoms with Crippen molar-refractivity contribution in [3.8, 4) is 5.75 Å². The number of carbonyl (C=O) groups is 3. The maximum atomic E-state index is 13.5. The maximum Gasteiger partial charge on any atom is 0.379 e. The molecule has 7 rings (SSSR count). The zero-order valence-corrected chi connectivity index (χ0v) is 28.7. The predicted octanol–water partition coefficient (Wildman–Crippen LogP) is 4.72. The molecular formula is C36H32N6O6S2. The van der Waals surface area contributed by atoms with Crippen molar-refractivity contribution >= 4 is 47.1 Å². The van der Waals surface area contributed by atoms with E-state index >= 15 is 0 Å². The molecule has 254 valence electrons. The first-order valence-electron chi connectivity index (χ1n) is 15.7. The molecule has 3 aromatic carbocycles. The molecule has 4 heterocycles. The lowest BCUT2D eigenvalue weighted by Gasteiger charge is -2.48. The van der Waals surface area contributed by atoms with Crippen LogP contribution in [-0.4, -0.2) is 72.4 Å². The minimum atomic E-state index is -0.700. The molecular weight excluding hydrogens is 677 g/mol. The normalized spacial score (nSPS) is 17.0. The Bertz CT molecular complexity index is 2050. The number of carbonyl (C=O) groups excluding carboxylic acids is 3. The molecule has 5 aromatic rings. The van der Waals surface area contributed by atoms with Crippen molar-refractivity contribution in [2.45, 2.75) is 36.1 Å². The Kier molecular flexibility index (Phi) is 9.57. The number of hydrogen-bond donors (Lipinski definition) is 1. The molecule has 12 nitrogen and oxygen atoms in total. The fourth-order valence-corrected chi connectivity index (χ4v) is 8.15. The summed E-state index contributed by atoms with van der Waals surface area (Å²) in [6, 6.07) is 27.3. The largest absolute Gasteiger partial charge is 0.497 e. The lowest BCUT2D eigenvalue weighted by molar-refractivity contribution is -0.151. The molecule has 0 bridgehead atoms. The van der Waals surface area contributed by atoms with Gasteiger partial charge in [0.1, 0.15) is 34.5 Å². The molecule has 2 aromatic heterocycles. The molecule has 2 atom stereocenters. The highest BCUT2D eigenvalue weighted by Crippen LogP contribution is 2.41. The van der Waals surface area contributed by atoms with E-state index in [0.29, 0.717) is 33.5 Å². The first-order valence-corrected chi connectivity index (χ1v) is 17.7. The van der Waals surface area contributed by atoms with Crippen molar-refractivity contribution in [1.29, 1.82) is 0 Å². The summed E-state index contributed by atoms with van der Waals surface area (Å²) in [5, 5.41) is 4.79. The van der Waals surface area contributed by atoms with Crippen LogP contribution in [0.5, 0.6) is 5.75 Å². The Morgan fingerprint density at radius 2 is 1.66 bits per heavy atom. The SMILES string of the molecule is COc1ccc(COC(=O)C2=C(CSc3cc(C)nc4nc(C(=O)OC(c5ccccc5)c5ccccc5)nn34)CS[C@H]3C(N)C(=O)N23)cc1. The summed E-state index contributed by atoms with van der Waals surface area (Å²) in [6.07, 6.45) is -0.667. The minimum absolute atomic E-state index is 0.0239. The van der Waals surface area contributed by atoms with E-state index < -0.39 is 24.1 Å². The smallest absolute Gasteiger partial charge is 0.379 e. The van der Waals surface area contributed by atoms with Gasteiger partial charge in [-0.1, -0.05) is 72.8 Å². The van der Waals surface area contributed by atoms with Crippen molar-refractivity contribution < 1.29 is 28.6 Å². The number of esters is 2. The molecule has 2 N–H and O–H groups in total. The number of methoxy groups -OCH3 is 1. The van der Waals surface area contributed by atoms with E-state index in [2.05, 4.69) is 15.1 Å². The van der Waals surface area contributed by atoms with Crippen molar-refractivity contribution in [3.05, 3.63) is 130 Å². The molecule has 0 radical (unpaired) electrons. The highest BCUT2D eigenvalue weighted by atomic mass is 32.2. The lowest BCUT2D eigenvalue weighted by Crippen LogP contribution is -2.68. The number of hydrogen-bond acceptors (Lipinski definition) is 12. The second-order valence-corrected chi connectivity index (χ2v) is 13.7. The summed E-state index contributed by atoms with van der Waals surface area (Å²) in [7, 11) is 1.58. The van der Waals surface area contributed by atoms with Crippen LogP contribution in [0.1, 0.15) is 39.1 Å². The van der Waals surface area contributed by atoms with Gasteiger partial charge in [0.25, 0.3) is 11.6 Å². The molecule has 2 aliphatic rings. The van der Waals surface area contributed by atoms with Crippen LogP contribution in [0.3, 0.4) is 0 Å². The lowest BCUT2D eigenvalue weighted by atomic mass is 10.0. The fourth-order valence-electron chi connectivity index (χ4n) is 5.67. The highest BCUT2D eigenvalue weighted by Gasteiger charge is 2.52. The van der Waals surface area contributed by atoms with Gasteiger partial charge in [0.05, 0.1) is 7.11 Å². The molecule has 2 aliphatic heterocycles. The van der Waals surface area contributed by atoms with Gasteiger partial charge in [0.15, 0.2) is 6.10 Å². The van der Waals surface area contributed by atoms with E-state index in [0.717, 1.165) is 16.7 Å². The molecule has 0 aliphatic carbocycles. The number of rotatable bonds is 11. The van der Waals surface area contributed by atoms with Crippen LogP contribution in [0.25, 0.3) is 5.78 Å². The number of amides is 1. The summed E-state index contributed by atoms with van der Waals surface area (Å²) in [5.74, 6) is -0.0465. The fraction of sp³-hybridized carbons (Fsp3) is 0.222. The number of benzene rings is 3. The van der Waals surface area contributed by atoms with E-state index in [-0.39, 0.29) is 35.2 Å². The van der Waals surface area contributed by atoms with E-state index in [1.165, 1.54) is 32.9 Å². The van der Waals surface area contributed by atoms with Crippen molar-refractivity contribution in [2.24, 2.45) is 5.73 Å². The van der Waals surface area contributed by atoms with E-state index in [1.54, 1.807) is 19.2 Å². The minimum Gasteiger partial charge on any atom is -0.497 e. The number of thioether (sulfide) groups is 2. The Morgan fingerprint density at radius 3 is 2.32 bits per heavy atom. The van der Waals surface area contributed by atoms with E-state index in [1.807, 2.05) is 85.8 Å². The van der Waals surface area contributed by atoms with Gasteiger partial charge < -0.3 is 19.9 Å². The standard InChI is InChI=1S/C36H32N6O6S2/c1-21-17-27(42-36(38-21)39-31(40-42)35(45)48-30(23-9-5-3-6-10-23)24-11-7-4-8-12-24)49-19-25-20-50-33-28(37)32(43)41(33)29(25)34(44)47-18-22-13-15-26(46-2)16-14-22/h3-17,28,30,33H,18-20,37H2,1-2H3/t28?,33-/m0/s1. The predicted molar refractivity (Wildman–Crippen MR) is 187 cm³/mol. The third kappa shape index (κ3) is 6.69. The van der Waals surface area contributed by atoms with Crippen molar-refractivity contribution in [2.75, 3.05) is 18.6 Å². The van der Waals surface area contributed by atoms with Crippen LogP contribution < -0.4 is 10.5 Å². The van der Waals surface area contributed by atoms with Crippen LogP contribution in [0.15, 0.2) is 107 Å². The number of fused-ring (bicyclic) bond motifs is 2. The van der Waals surface area contributed by atoms with Crippen LogP contribution in [0.4, 0.5) is 0 Å². The number of β-lactam (4-membered cyclic amide) rings is 1. The molecule has 50 heavy (non-hydrogen) atoms. The molecule has 0 spiro atoms. The quantitative estimate of drug-likeness (QED) is 0.0875. The first kappa shape index (κ1) is 33.3. The summed E-state index contributed by atoms with van der Waals surface area (Å²) < 4.78 is 18.4. The highest BCUT2D eigenvalue weighted by molar-refractivity contribution is 8.01. The van der Waals surface area contributed by atoms with Crippen LogP contribution >= 0.6 is 23.5 Å². The molecule has 1 saturated heterocycles. The Balaban J connectivity index is 1.13. The number of ether oxygens (including phenoxy) is 3. The molecule has 0 saturated carbocycles. The average Bonchev–Trinajstić information content (AvgIpc) is 3.59. The van der Waals surface area contributed by atoms with Gasteiger partial charge in [-0.15, -0.1) is 28.6 Å². The van der Waals surface area contributed by atoms with Crippen LogP contribution in [0, 0.1) is 6.92 Å². The van der Waals surface area contributed by atoms with Crippen molar-refractivity contribution in [1.82, 2.24) is 24.5 Å². The first-order chi connectivity index (χ1) is 24.3. The van der Waals surface area contributed by atoms with E-state index in [4.69, 9.17) is 19.9 Å². The van der Waals surface area contributed by atoms with Gasteiger partial charge in [-0.05, 0) is 47.4 Å². The number of aromatic nitrogens is 4. The van der Waals surface area contributed by atoms with Crippen molar-refractivity contribution in [3.63, 3.8) is 0 Å². The van der Waals surface area contributed by atoms with Crippen LogP contribution in [0.2, 0.25) is 0 Å². The summed E-state index contributed by atoms with van der Waals surface area (Å²) in [4.78, 5) is 50.3. The molecule has 14 heteroatoms. The van der Waals surface area contributed by atoms with Gasteiger partial charge in [-0.3, -0.25) is 9.69 Å². The van der Waals surface area contributed by atoms with Gasteiger partial charge >= 0.3 is 11.9 Å². The second-order valence-electron chi connectivity index (χ2n) is 11.6. The zero-order valence-electron chi connectivity index (χ0n) is 27.1.